The van der Waals surface area contributed by atoms with Crippen LogP contribution in [0.4, 0.5) is 10.1 Å². The van der Waals surface area contributed by atoms with Crippen molar-refractivity contribution in [2.24, 2.45) is 0 Å². The Hall–Kier alpha value is -2.86. The Balaban J connectivity index is 0.00000240. The van der Waals surface area contributed by atoms with Crippen LogP contribution in [0.25, 0.3) is 5.69 Å². The molecule has 4 rings (SSSR count). The van der Waals surface area contributed by atoms with Gasteiger partial charge >= 0.3 is 0 Å². The number of nitrogens with one attached hydrogen (secondary N) is 1. The SMILES string of the molecule is Cc1nn(-c2ccc(F)cc2)c(C)c1C(=O)NC1CCCc2cc(N)ccc21.Cl. The number of rotatable bonds is 3. The molecule has 1 aromatic heterocycles. The van der Waals surface area contributed by atoms with Gasteiger partial charge in [0.15, 0.2) is 0 Å². The van der Waals surface area contributed by atoms with Crippen LogP contribution in [0.3, 0.4) is 0 Å². The van der Waals surface area contributed by atoms with E-state index >= 15 is 0 Å². The van der Waals surface area contributed by atoms with Crippen LogP contribution >= 0.6 is 12.4 Å². The highest BCUT2D eigenvalue weighted by Gasteiger charge is 2.25. The highest BCUT2D eigenvalue weighted by molar-refractivity contribution is 5.96. The smallest absolute Gasteiger partial charge is 0.255 e. The first kappa shape index (κ1) is 20.9. The number of carbonyl (C=O) groups excluding carboxylic acids is 1. The Labute approximate surface area is 175 Å². The van der Waals surface area contributed by atoms with Gasteiger partial charge in [0.1, 0.15) is 5.82 Å². The molecule has 1 atom stereocenters. The van der Waals surface area contributed by atoms with Gasteiger partial charge in [-0.05, 0) is 80.6 Å². The first-order valence-corrected chi connectivity index (χ1v) is 9.45. The first-order chi connectivity index (χ1) is 13.4. The highest BCUT2D eigenvalue weighted by atomic mass is 35.5. The lowest BCUT2D eigenvalue weighted by Crippen LogP contribution is -2.31. The van der Waals surface area contributed by atoms with E-state index in [0.29, 0.717) is 11.3 Å². The second kappa shape index (κ2) is 8.25. The van der Waals surface area contributed by atoms with Gasteiger partial charge in [0, 0.05) is 5.69 Å². The summed E-state index contributed by atoms with van der Waals surface area (Å²) in [6, 6.07) is 11.9. The largest absolute Gasteiger partial charge is 0.399 e. The van der Waals surface area contributed by atoms with Crippen molar-refractivity contribution >= 4 is 24.0 Å². The molecule has 0 fully saturated rings. The molecule has 0 aliphatic heterocycles. The molecule has 2 aromatic carbocycles. The number of anilines is 1. The standard InChI is InChI=1S/C22H23FN4O.ClH/c1-13-21(14(2)27(26-13)18-9-6-16(23)7-10-18)22(28)25-20-5-3-4-15-12-17(24)8-11-19(15)20;/h6-12,20H,3-5,24H2,1-2H3,(H,25,28);1H. The van der Waals surface area contributed by atoms with Gasteiger partial charge in [0.2, 0.25) is 0 Å². The fourth-order valence-electron chi connectivity index (χ4n) is 4.02. The number of benzene rings is 2. The summed E-state index contributed by atoms with van der Waals surface area (Å²) in [5, 5.41) is 7.67. The number of amides is 1. The topological polar surface area (TPSA) is 72.9 Å². The Bertz CT molecular complexity index is 1050. The summed E-state index contributed by atoms with van der Waals surface area (Å²) >= 11 is 0. The van der Waals surface area contributed by atoms with E-state index in [2.05, 4.69) is 10.4 Å². The van der Waals surface area contributed by atoms with Crippen molar-refractivity contribution in [2.75, 3.05) is 5.73 Å². The molecule has 3 aromatic rings. The summed E-state index contributed by atoms with van der Waals surface area (Å²) in [5.74, 6) is -0.446. The van der Waals surface area contributed by atoms with Gasteiger partial charge < -0.3 is 11.1 Å². The number of aryl methyl sites for hydroxylation is 2. The van der Waals surface area contributed by atoms with Crippen LogP contribution in [0, 0.1) is 19.7 Å². The van der Waals surface area contributed by atoms with Crippen molar-refractivity contribution in [3.05, 3.63) is 76.4 Å². The molecule has 3 N–H and O–H groups in total. The lowest BCUT2D eigenvalue weighted by molar-refractivity contribution is 0.0931. The molecule has 29 heavy (non-hydrogen) atoms. The molecule has 0 spiro atoms. The van der Waals surface area contributed by atoms with E-state index in [9.17, 15) is 9.18 Å². The quantitative estimate of drug-likeness (QED) is 0.622. The van der Waals surface area contributed by atoms with Gasteiger partial charge in [0.25, 0.3) is 5.91 Å². The molecule has 1 heterocycles. The maximum absolute atomic E-state index is 13.2. The van der Waals surface area contributed by atoms with Crippen LogP contribution in [0.15, 0.2) is 42.5 Å². The van der Waals surface area contributed by atoms with Crippen LogP contribution in [-0.4, -0.2) is 15.7 Å². The maximum Gasteiger partial charge on any atom is 0.255 e. The highest BCUT2D eigenvalue weighted by Crippen LogP contribution is 2.31. The number of carbonyl (C=O) groups is 1. The zero-order valence-electron chi connectivity index (χ0n) is 16.4. The zero-order chi connectivity index (χ0) is 19.8. The third-order valence-corrected chi connectivity index (χ3v) is 5.38. The van der Waals surface area contributed by atoms with E-state index in [1.807, 2.05) is 32.0 Å². The van der Waals surface area contributed by atoms with E-state index in [1.165, 1.54) is 17.7 Å². The summed E-state index contributed by atoms with van der Waals surface area (Å²) in [6.45, 7) is 3.67. The number of nitrogens with zero attached hydrogens (tertiary/aromatic N) is 2. The summed E-state index contributed by atoms with van der Waals surface area (Å²) < 4.78 is 14.9. The molecule has 0 saturated heterocycles. The number of hydrogen-bond acceptors (Lipinski definition) is 3. The minimum absolute atomic E-state index is 0. The van der Waals surface area contributed by atoms with Crippen molar-refractivity contribution in [1.29, 1.82) is 0 Å². The third-order valence-electron chi connectivity index (χ3n) is 5.38. The molecule has 0 saturated carbocycles. The van der Waals surface area contributed by atoms with Crippen molar-refractivity contribution in [2.45, 2.75) is 39.2 Å². The number of nitrogens with two attached hydrogens (primary N) is 1. The zero-order valence-corrected chi connectivity index (χ0v) is 17.2. The van der Waals surface area contributed by atoms with Gasteiger partial charge in [0.05, 0.1) is 28.7 Å². The number of nitrogen functional groups attached to an aromatic ring is 1. The number of fused-ring (bicyclic) bond motifs is 1. The van der Waals surface area contributed by atoms with Crippen molar-refractivity contribution in [1.82, 2.24) is 15.1 Å². The molecule has 1 aliphatic rings. The molecule has 7 heteroatoms. The first-order valence-electron chi connectivity index (χ1n) is 9.45. The monoisotopic (exact) mass is 414 g/mol. The van der Waals surface area contributed by atoms with Crippen LogP contribution in [0.2, 0.25) is 0 Å². The second-order valence-electron chi connectivity index (χ2n) is 7.31. The van der Waals surface area contributed by atoms with E-state index in [4.69, 9.17) is 5.73 Å². The average Bonchev–Trinajstić information content (AvgIpc) is 2.96. The maximum atomic E-state index is 13.2. The predicted octanol–water partition coefficient (Wildman–Crippen LogP) is 4.44. The van der Waals surface area contributed by atoms with Crippen LogP contribution in [0.1, 0.15) is 51.8 Å². The van der Waals surface area contributed by atoms with E-state index in [1.54, 1.807) is 16.8 Å². The Morgan fingerprint density at radius 1 is 1.21 bits per heavy atom. The van der Waals surface area contributed by atoms with Crippen molar-refractivity contribution < 1.29 is 9.18 Å². The van der Waals surface area contributed by atoms with E-state index in [0.717, 1.165) is 41.9 Å². The molecular weight excluding hydrogens is 391 g/mol. The summed E-state index contributed by atoms with van der Waals surface area (Å²) in [7, 11) is 0. The molecular formula is C22H24ClFN4O. The molecule has 1 unspecified atom stereocenters. The Morgan fingerprint density at radius 2 is 1.93 bits per heavy atom. The third kappa shape index (κ3) is 3.98. The second-order valence-corrected chi connectivity index (χ2v) is 7.31. The molecule has 0 bridgehead atoms. The molecule has 1 amide bonds. The summed E-state index contributed by atoms with van der Waals surface area (Å²) in [6.07, 6.45) is 2.88. The minimum atomic E-state index is -0.306. The minimum Gasteiger partial charge on any atom is -0.399 e. The van der Waals surface area contributed by atoms with Gasteiger partial charge in [-0.1, -0.05) is 6.07 Å². The van der Waals surface area contributed by atoms with Gasteiger partial charge in [-0.2, -0.15) is 5.10 Å². The average molecular weight is 415 g/mol. The Kier molecular flexibility index (Phi) is 5.94. The predicted molar refractivity (Wildman–Crippen MR) is 114 cm³/mol. The van der Waals surface area contributed by atoms with Gasteiger partial charge in [-0.3, -0.25) is 4.79 Å². The van der Waals surface area contributed by atoms with Crippen molar-refractivity contribution in [3.63, 3.8) is 0 Å². The molecule has 0 radical (unpaired) electrons. The fourth-order valence-corrected chi connectivity index (χ4v) is 4.02. The number of halogens is 2. The normalized spacial score (nSPS) is 15.3. The molecule has 152 valence electrons. The van der Waals surface area contributed by atoms with Crippen molar-refractivity contribution in [3.8, 4) is 5.69 Å². The Morgan fingerprint density at radius 3 is 2.66 bits per heavy atom. The van der Waals surface area contributed by atoms with E-state index < -0.39 is 0 Å². The number of aromatic nitrogens is 2. The van der Waals surface area contributed by atoms with Crippen LogP contribution < -0.4 is 11.1 Å². The molecule has 1 aliphatic carbocycles. The van der Waals surface area contributed by atoms with Gasteiger partial charge in [-0.15, -0.1) is 12.4 Å². The summed E-state index contributed by atoms with van der Waals surface area (Å²) in [5.41, 5.74) is 11.6. The van der Waals surface area contributed by atoms with E-state index in [-0.39, 0.29) is 30.2 Å². The summed E-state index contributed by atoms with van der Waals surface area (Å²) in [4.78, 5) is 13.1. The fraction of sp³-hybridized carbons (Fsp3) is 0.273. The lowest BCUT2D eigenvalue weighted by Gasteiger charge is -2.26. The van der Waals surface area contributed by atoms with Gasteiger partial charge in [-0.25, -0.2) is 9.07 Å². The lowest BCUT2D eigenvalue weighted by atomic mass is 9.87. The number of hydrogen-bond donors (Lipinski definition) is 2. The van der Waals surface area contributed by atoms with Crippen LogP contribution in [-0.2, 0) is 6.42 Å². The van der Waals surface area contributed by atoms with Crippen LogP contribution in [0.5, 0.6) is 0 Å². The molecule has 5 nitrogen and oxygen atoms in total.